The first-order valence-electron chi connectivity index (χ1n) is 7.42. The summed E-state index contributed by atoms with van der Waals surface area (Å²) in [5.74, 6) is 0.710. The van der Waals surface area contributed by atoms with Gasteiger partial charge in [-0.15, -0.1) is 0 Å². The fourth-order valence-electron chi connectivity index (χ4n) is 3.08. The van der Waals surface area contributed by atoms with E-state index in [9.17, 15) is 0 Å². The van der Waals surface area contributed by atoms with E-state index in [1.165, 1.54) is 22.1 Å². The maximum atomic E-state index is 3.61. The second-order valence-electron chi connectivity index (χ2n) is 5.50. The average Bonchev–Trinajstić information content (AvgIpc) is 2.41. The number of hydrogen-bond donors (Lipinski definition) is 1. The molecule has 19 heavy (non-hydrogen) atoms. The molecule has 0 bridgehead atoms. The number of aryl methyl sites for hydroxylation is 1. The summed E-state index contributed by atoms with van der Waals surface area (Å²) in [6.07, 6.45) is 2.34. The molecular formula is C16H25BrN2. The highest BCUT2D eigenvalue weighted by atomic mass is 79.9. The van der Waals surface area contributed by atoms with E-state index in [0.29, 0.717) is 12.0 Å². The summed E-state index contributed by atoms with van der Waals surface area (Å²) in [7, 11) is 0. The number of nitrogens with one attached hydrogen (secondary N) is 1. The lowest BCUT2D eigenvalue weighted by Gasteiger charge is -2.39. The molecule has 0 aromatic heterocycles. The van der Waals surface area contributed by atoms with Crippen molar-refractivity contribution in [1.29, 1.82) is 0 Å². The predicted molar refractivity (Wildman–Crippen MR) is 87.0 cm³/mol. The maximum absolute atomic E-state index is 3.61. The molecule has 2 unspecified atom stereocenters. The van der Waals surface area contributed by atoms with Crippen molar-refractivity contribution in [2.45, 2.75) is 39.7 Å². The Bertz CT molecular complexity index is 419. The number of rotatable bonds is 4. The smallest absolute Gasteiger partial charge is 0.0399 e. The number of hydrogen-bond acceptors (Lipinski definition) is 2. The van der Waals surface area contributed by atoms with Crippen LogP contribution in [0.5, 0.6) is 0 Å². The third-order valence-corrected chi connectivity index (χ3v) is 4.63. The minimum Gasteiger partial charge on any atom is -0.371 e. The molecule has 1 aromatic carbocycles. The van der Waals surface area contributed by atoms with Crippen LogP contribution in [0.4, 0.5) is 5.69 Å². The van der Waals surface area contributed by atoms with Crippen LogP contribution in [0.15, 0.2) is 22.7 Å². The lowest BCUT2D eigenvalue weighted by Crippen LogP contribution is -2.48. The summed E-state index contributed by atoms with van der Waals surface area (Å²) in [4.78, 5) is 2.56. The van der Waals surface area contributed by atoms with Crippen LogP contribution in [0.25, 0.3) is 0 Å². The van der Waals surface area contributed by atoms with Gasteiger partial charge in [0.2, 0.25) is 0 Å². The fourth-order valence-corrected chi connectivity index (χ4v) is 3.48. The second kappa shape index (κ2) is 6.76. The Hall–Kier alpha value is -0.540. The minimum atomic E-state index is 0.682. The van der Waals surface area contributed by atoms with Crippen LogP contribution in [-0.4, -0.2) is 25.7 Å². The maximum Gasteiger partial charge on any atom is 0.0399 e. The summed E-state index contributed by atoms with van der Waals surface area (Å²) >= 11 is 3.57. The van der Waals surface area contributed by atoms with Crippen LogP contribution >= 0.6 is 15.9 Å². The van der Waals surface area contributed by atoms with Crippen molar-refractivity contribution in [3.05, 3.63) is 28.2 Å². The molecule has 0 amide bonds. The van der Waals surface area contributed by atoms with Crippen LogP contribution < -0.4 is 10.2 Å². The molecule has 1 N–H and O–H groups in total. The van der Waals surface area contributed by atoms with Crippen LogP contribution in [0.2, 0.25) is 0 Å². The summed E-state index contributed by atoms with van der Waals surface area (Å²) < 4.78 is 1.18. The van der Waals surface area contributed by atoms with Crippen molar-refractivity contribution >= 4 is 21.6 Å². The van der Waals surface area contributed by atoms with Crippen molar-refractivity contribution in [2.24, 2.45) is 5.92 Å². The molecule has 2 nitrogen and oxygen atoms in total. The van der Waals surface area contributed by atoms with Crippen LogP contribution in [0.3, 0.4) is 0 Å². The SMILES string of the molecule is CCNC1CCN(c2ccc(Br)cc2CC)CC1C. The van der Waals surface area contributed by atoms with Crippen LogP contribution in [-0.2, 0) is 6.42 Å². The molecule has 1 aromatic rings. The Balaban J connectivity index is 2.12. The lowest BCUT2D eigenvalue weighted by atomic mass is 9.93. The van der Waals surface area contributed by atoms with Gasteiger partial charge in [0.1, 0.15) is 0 Å². The van der Waals surface area contributed by atoms with Gasteiger partial charge < -0.3 is 10.2 Å². The average molecular weight is 325 g/mol. The Kier molecular flexibility index (Phi) is 5.28. The van der Waals surface area contributed by atoms with E-state index in [2.05, 4.69) is 65.1 Å². The Morgan fingerprint density at radius 1 is 1.37 bits per heavy atom. The molecule has 1 heterocycles. The quantitative estimate of drug-likeness (QED) is 0.905. The van der Waals surface area contributed by atoms with Crippen molar-refractivity contribution < 1.29 is 0 Å². The zero-order valence-corrected chi connectivity index (χ0v) is 13.8. The predicted octanol–water partition coefficient (Wildman–Crippen LogP) is 3.84. The standard InChI is InChI=1S/C16H25BrN2/c1-4-13-10-14(17)6-7-16(13)19-9-8-15(18-5-2)12(3)11-19/h6-7,10,12,15,18H,4-5,8-9,11H2,1-3H3. The van der Waals surface area contributed by atoms with Gasteiger partial charge in [0.05, 0.1) is 0 Å². The number of anilines is 1. The van der Waals surface area contributed by atoms with Gasteiger partial charge in [-0.25, -0.2) is 0 Å². The Morgan fingerprint density at radius 3 is 2.79 bits per heavy atom. The molecule has 2 rings (SSSR count). The van der Waals surface area contributed by atoms with Gasteiger partial charge >= 0.3 is 0 Å². The fraction of sp³-hybridized carbons (Fsp3) is 0.625. The van der Waals surface area contributed by atoms with Crippen LogP contribution in [0.1, 0.15) is 32.8 Å². The summed E-state index contributed by atoms with van der Waals surface area (Å²) in [6.45, 7) is 10.2. The van der Waals surface area contributed by atoms with E-state index in [1.54, 1.807) is 0 Å². The molecule has 0 aliphatic carbocycles. The van der Waals surface area contributed by atoms with Crippen molar-refractivity contribution in [1.82, 2.24) is 5.32 Å². The van der Waals surface area contributed by atoms with Crippen molar-refractivity contribution in [3.8, 4) is 0 Å². The van der Waals surface area contributed by atoms with Gasteiger partial charge in [0.25, 0.3) is 0 Å². The molecule has 3 heteroatoms. The molecule has 1 fully saturated rings. The third kappa shape index (κ3) is 3.51. The zero-order valence-electron chi connectivity index (χ0n) is 12.2. The van der Waals surface area contributed by atoms with E-state index in [-0.39, 0.29) is 0 Å². The number of benzene rings is 1. The van der Waals surface area contributed by atoms with Crippen molar-refractivity contribution in [2.75, 3.05) is 24.5 Å². The third-order valence-electron chi connectivity index (χ3n) is 4.13. The first-order chi connectivity index (χ1) is 9.15. The molecule has 0 spiro atoms. The molecular weight excluding hydrogens is 300 g/mol. The van der Waals surface area contributed by atoms with Gasteiger partial charge in [-0.2, -0.15) is 0 Å². The number of piperidine rings is 1. The van der Waals surface area contributed by atoms with Gasteiger partial charge in [0.15, 0.2) is 0 Å². The summed E-state index contributed by atoms with van der Waals surface area (Å²) in [5.41, 5.74) is 2.87. The normalized spacial score (nSPS) is 23.7. The molecule has 0 saturated carbocycles. The molecule has 106 valence electrons. The van der Waals surface area contributed by atoms with Crippen LogP contribution in [0, 0.1) is 5.92 Å². The monoisotopic (exact) mass is 324 g/mol. The Morgan fingerprint density at radius 2 is 2.16 bits per heavy atom. The van der Waals surface area contributed by atoms with E-state index >= 15 is 0 Å². The summed E-state index contributed by atoms with van der Waals surface area (Å²) in [6, 6.07) is 7.37. The van der Waals surface area contributed by atoms with E-state index in [4.69, 9.17) is 0 Å². The van der Waals surface area contributed by atoms with Gasteiger partial charge in [-0.3, -0.25) is 0 Å². The van der Waals surface area contributed by atoms with Gasteiger partial charge in [-0.05, 0) is 49.1 Å². The highest BCUT2D eigenvalue weighted by molar-refractivity contribution is 9.10. The van der Waals surface area contributed by atoms with E-state index in [0.717, 1.165) is 26.1 Å². The van der Waals surface area contributed by atoms with Gasteiger partial charge in [-0.1, -0.05) is 36.7 Å². The zero-order chi connectivity index (χ0) is 13.8. The Labute approximate surface area is 125 Å². The largest absolute Gasteiger partial charge is 0.371 e. The molecule has 1 aliphatic heterocycles. The highest BCUT2D eigenvalue weighted by Crippen LogP contribution is 2.29. The van der Waals surface area contributed by atoms with E-state index in [1.807, 2.05) is 0 Å². The number of halogens is 1. The molecule has 1 aliphatic rings. The summed E-state index contributed by atoms with van der Waals surface area (Å²) in [5, 5.41) is 3.61. The molecule has 0 radical (unpaired) electrons. The highest BCUT2D eigenvalue weighted by Gasteiger charge is 2.26. The van der Waals surface area contributed by atoms with Crippen molar-refractivity contribution in [3.63, 3.8) is 0 Å². The molecule has 1 saturated heterocycles. The van der Waals surface area contributed by atoms with Gasteiger partial charge in [0, 0.05) is 29.3 Å². The van der Waals surface area contributed by atoms with E-state index < -0.39 is 0 Å². The number of nitrogens with zero attached hydrogens (tertiary/aromatic N) is 1. The topological polar surface area (TPSA) is 15.3 Å². The lowest BCUT2D eigenvalue weighted by molar-refractivity contribution is 0.326. The minimum absolute atomic E-state index is 0.682. The second-order valence-corrected chi connectivity index (χ2v) is 6.42. The molecule has 2 atom stereocenters. The first-order valence-corrected chi connectivity index (χ1v) is 8.21. The first kappa shape index (κ1) is 14.9.